The summed E-state index contributed by atoms with van der Waals surface area (Å²) in [7, 11) is 2.07. The van der Waals surface area contributed by atoms with Gasteiger partial charge in [-0.05, 0) is 56.4 Å². The van der Waals surface area contributed by atoms with Crippen molar-refractivity contribution in [2.24, 2.45) is 0 Å². The highest BCUT2D eigenvalue weighted by atomic mass is 32.1. The summed E-state index contributed by atoms with van der Waals surface area (Å²) in [5, 5.41) is 6.25. The van der Waals surface area contributed by atoms with Gasteiger partial charge in [-0.2, -0.15) is 0 Å². The number of likely N-dealkylation sites (N-methyl/N-ethyl adjacent to an activating group) is 1. The van der Waals surface area contributed by atoms with E-state index in [0.717, 1.165) is 25.2 Å². The molecule has 0 spiro atoms. The normalized spacial score (nSPS) is 14.3. The Morgan fingerprint density at radius 1 is 1.19 bits per heavy atom. The number of aromatic nitrogens is 1. The Morgan fingerprint density at radius 2 is 1.97 bits per heavy atom. The second-order valence-corrected chi connectivity index (χ2v) is 8.81. The van der Waals surface area contributed by atoms with E-state index in [9.17, 15) is 9.59 Å². The number of rotatable bonds is 6. The summed E-state index contributed by atoms with van der Waals surface area (Å²) in [6.45, 7) is 3.46. The van der Waals surface area contributed by atoms with Crippen LogP contribution in [0.15, 0.2) is 48.5 Å². The Labute approximate surface area is 190 Å². The van der Waals surface area contributed by atoms with Crippen LogP contribution in [0, 0.1) is 0 Å². The number of amides is 2. The standard InChI is InChI=1S/C23H25N5O3S/c1-14(21(29)25-17-8-6-16(24)7-9-17)31-18-5-3-4-15(12-18)22(30)27-23-26-19-10-11-28(2)13-20(19)32-23/h3-9,12,14H,10-11,13,24H2,1-2H3,(H,25,29)(H,26,27,30)/t14-/m1/s1. The summed E-state index contributed by atoms with van der Waals surface area (Å²) in [5.41, 5.74) is 8.40. The third-order valence-corrected chi connectivity index (χ3v) is 6.10. The molecule has 0 saturated heterocycles. The summed E-state index contributed by atoms with van der Waals surface area (Å²) in [6.07, 6.45) is 0.131. The summed E-state index contributed by atoms with van der Waals surface area (Å²) < 4.78 is 5.76. The van der Waals surface area contributed by atoms with Gasteiger partial charge in [0.1, 0.15) is 5.75 Å². The molecule has 0 radical (unpaired) electrons. The van der Waals surface area contributed by atoms with Gasteiger partial charge in [-0.25, -0.2) is 4.98 Å². The predicted molar refractivity (Wildman–Crippen MR) is 126 cm³/mol. The largest absolute Gasteiger partial charge is 0.481 e. The van der Waals surface area contributed by atoms with Gasteiger partial charge in [-0.1, -0.05) is 6.07 Å². The first-order valence-electron chi connectivity index (χ1n) is 10.3. The third kappa shape index (κ3) is 5.24. The molecule has 2 amide bonds. The van der Waals surface area contributed by atoms with Gasteiger partial charge in [0, 0.05) is 41.3 Å². The zero-order valence-corrected chi connectivity index (χ0v) is 18.7. The van der Waals surface area contributed by atoms with E-state index in [1.807, 2.05) is 0 Å². The molecule has 1 aliphatic rings. The van der Waals surface area contributed by atoms with Crippen LogP contribution in [0.5, 0.6) is 5.75 Å². The molecule has 2 heterocycles. The molecule has 1 aliphatic heterocycles. The van der Waals surface area contributed by atoms with Crippen molar-refractivity contribution in [2.45, 2.75) is 26.0 Å². The number of thiazole rings is 1. The number of ether oxygens (including phenoxy) is 1. The number of nitrogens with one attached hydrogen (secondary N) is 2. The molecule has 0 bridgehead atoms. The minimum absolute atomic E-state index is 0.270. The second-order valence-electron chi connectivity index (χ2n) is 7.73. The molecule has 32 heavy (non-hydrogen) atoms. The van der Waals surface area contributed by atoms with E-state index < -0.39 is 6.10 Å². The van der Waals surface area contributed by atoms with Crippen LogP contribution >= 0.6 is 11.3 Å². The minimum atomic E-state index is -0.756. The van der Waals surface area contributed by atoms with Crippen LogP contribution in [0.1, 0.15) is 27.9 Å². The number of nitrogens with two attached hydrogens (primary N) is 1. The number of benzene rings is 2. The van der Waals surface area contributed by atoms with Gasteiger partial charge >= 0.3 is 0 Å². The Bertz CT molecular complexity index is 1130. The number of carbonyl (C=O) groups excluding carboxylic acids is 2. The van der Waals surface area contributed by atoms with Crippen molar-refractivity contribution in [2.75, 3.05) is 30.0 Å². The van der Waals surface area contributed by atoms with E-state index in [1.54, 1.807) is 55.5 Å². The van der Waals surface area contributed by atoms with Crippen molar-refractivity contribution in [3.8, 4) is 5.75 Å². The van der Waals surface area contributed by atoms with Crippen LogP contribution in [-0.2, 0) is 17.8 Å². The van der Waals surface area contributed by atoms with Crippen molar-refractivity contribution in [3.05, 3.63) is 64.7 Å². The highest BCUT2D eigenvalue weighted by molar-refractivity contribution is 7.15. The number of carbonyl (C=O) groups is 2. The predicted octanol–water partition coefficient (Wildman–Crippen LogP) is 3.37. The van der Waals surface area contributed by atoms with Crippen molar-refractivity contribution in [3.63, 3.8) is 0 Å². The number of anilines is 3. The third-order valence-electron chi connectivity index (χ3n) is 5.10. The quantitative estimate of drug-likeness (QED) is 0.496. The molecule has 0 aliphatic carbocycles. The van der Waals surface area contributed by atoms with Gasteiger partial charge in [0.05, 0.1) is 5.69 Å². The molecule has 0 fully saturated rings. The molecule has 8 nitrogen and oxygen atoms in total. The Kier molecular flexibility index (Phi) is 6.38. The summed E-state index contributed by atoms with van der Waals surface area (Å²) in [4.78, 5) is 33.1. The first-order valence-corrected chi connectivity index (χ1v) is 11.1. The number of hydrogen-bond donors (Lipinski definition) is 3. The Balaban J connectivity index is 1.37. The maximum Gasteiger partial charge on any atom is 0.265 e. The van der Waals surface area contributed by atoms with Crippen molar-refractivity contribution < 1.29 is 14.3 Å². The van der Waals surface area contributed by atoms with E-state index in [-0.39, 0.29) is 11.8 Å². The first-order chi connectivity index (χ1) is 15.4. The van der Waals surface area contributed by atoms with Crippen LogP contribution in [0.4, 0.5) is 16.5 Å². The molecule has 1 atom stereocenters. The highest BCUT2D eigenvalue weighted by Crippen LogP contribution is 2.28. The lowest BCUT2D eigenvalue weighted by molar-refractivity contribution is -0.122. The molecule has 166 valence electrons. The monoisotopic (exact) mass is 451 g/mol. The maximum absolute atomic E-state index is 12.7. The number of fused-ring (bicyclic) bond motifs is 1. The molecular weight excluding hydrogens is 426 g/mol. The van der Waals surface area contributed by atoms with Gasteiger partial charge < -0.3 is 20.7 Å². The van der Waals surface area contributed by atoms with Gasteiger partial charge in [-0.15, -0.1) is 11.3 Å². The Hall–Kier alpha value is -3.43. The first kappa shape index (κ1) is 21.8. The second kappa shape index (κ2) is 9.37. The van der Waals surface area contributed by atoms with Crippen LogP contribution < -0.4 is 21.1 Å². The molecule has 9 heteroatoms. The SMILES string of the molecule is C[C@@H](Oc1cccc(C(=O)Nc2nc3c(s2)CN(C)CC3)c1)C(=O)Nc1ccc(N)cc1. The zero-order chi connectivity index (χ0) is 22.7. The van der Waals surface area contributed by atoms with Crippen molar-refractivity contribution in [1.29, 1.82) is 0 Å². The Morgan fingerprint density at radius 3 is 2.75 bits per heavy atom. The van der Waals surface area contributed by atoms with Gasteiger partial charge in [0.2, 0.25) is 0 Å². The number of hydrogen-bond acceptors (Lipinski definition) is 7. The van der Waals surface area contributed by atoms with Crippen molar-refractivity contribution in [1.82, 2.24) is 9.88 Å². The van der Waals surface area contributed by atoms with Crippen molar-refractivity contribution >= 4 is 39.7 Å². The average Bonchev–Trinajstić information content (AvgIpc) is 3.16. The average molecular weight is 452 g/mol. The molecule has 4 rings (SSSR count). The fourth-order valence-corrected chi connectivity index (χ4v) is 4.41. The van der Waals surface area contributed by atoms with Crippen LogP contribution in [0.3, 0.4) is 0 Å². The fraction of sp³-hybridized carbons (Fsp3) is 0.261. The van der Waals surface area contributed by atoms with Crippen LogP contribution in [0.2, 0.25) is 0 Å². The fourth-order valence-electron chi connectivity index (χ4n) is 3.32. The molecular formula is C23H25N5O3S. The zero-order valence-electron chi connectivity index (χ0n) is 17.9. The highest BCUT2D eigenvalue weighted by Gasteiger charge is 2.20. The van der Waals surface area contributed by atoms with Gasteiger partial charge in [-0.3, -0.25) is 14.9 Å². The maximum atomic E-state index is 12.7. The number of nitrogen functional groups attached to an aromatic ring is 1. The van der Waals surface area contributed by atoms with E-state index in [2.05, 4.69) is 27.6 Å². The summed E-state index contributed by atoms with van der Waals surface area (Å²) in [5.74, 6) is -0.144. The molecule has 1 aromatic heterocycles. The molecule has 2 aromatic carbocycles. The van der Waals surface area contributed by atoms with Gasteiger partial charge in [0.25, 0.3) is 11.8 Å². The lowest BCUT2D eigenvalue weighted by Gasteiger charge is -2.20. The van der Waals surface area contributed by atoms with E-state index >= 15 is 0 Å². The topological polar surface area (TPSA) is 110 Å². The lowest BCUT2D eigenvalue weighted by atomic mass is 10.2. The van der Waals surface area contributed by atoms with Crippen LogP contribution in [0.25, 0.3) is 0 Å². The molecule has 0 unspecified atom stereocenters. The molecule has 0 saturated carbocycles. The minimum Gasteiger partial charge on any atom is -0.481 e. The van der Waals surface area contributed by atoms with Gasteiger partial charge in [0.15, 0.2) is 11.2 Å². The number of nitrogens with zero attached hydrogens (tertiary/aromatic N) is 2. The summed E-state index contributed by atoms with van der Waals surface area (Å²) in [6, 6.07) is 13.6. The molecule has 3 aromatic rings. The smallest absolute Gasteiger partial charge is 0.265 e. The lowest BCUT2D eigenvalue weighted by Crippen LogP contribution is -2.30. The van der Waals surface area contributed by atoms with Crippen LogP contribution in [-0.4, -0.2) is 41.4 Å². The van der Waals surface area contributed by atoms with E-state index in [1.165, 1.54) is 16.2 Å². The summed E-state index contributed by atoms with van der Waals surface area (Å²) >= 11 is 1.51. The van der Waals surface area contributed by atoms with E-state index in [0.29, 0.717) is 27.8 Å². The molecule has 4 N–H and O–H groups in total. The van der Waals surface area contributed by atoms with E-state index in [4.69, 9.17) is 10.5 Å².